The number of benzene rings is 2. The van der Waals surface area contributed by atoms with Crippen LogP contribution in [0.3, 0.4) is 0 Å². The summed E-state index contributed by atoms with van der Waals surface area (Å²) in [5.74, 6) is -3.08. The molecule has 1 unspecified atom stereocenters. The summed E-state index contributed by atoms with van der Waals surface area (Å²) in [6.07, 6.45) is -0.172. The van der Waals surface area contributed by atoms with Crippen molar-refractivity contribution in [1.82, 2.24) is 5.32 Å². The summed E-state index contributed by atoms with van der Waals surface area (Å²) in [4.78, 5) is 38.0. The highest BCUT2D eigenvalue weighted by Gasteiger charge is 2.52. The summed E-state index contributed by atoms with van der Waals surface area (Å²) in [5.41, 5.74) is 3.74. The van der Waals surface area contributed by atoms with Crippen molar-refractivity contribution in [3.05, 3.63) is 64.4 Å². The van der Waals surface area contributed by atoms with E-state index in [4.69, 9.17) is 17.3 Å². The molecule has 1 heterocycles. The normalized spacial score (nSPS) is 19.0. The molecule has 0 bridgehead atoms. The van der Waals surface area contributed by atoms with Crippen LogP contribution in [0.5, 0.6) is 0 Å². The highest BCUT2D eigenvalue weighted by molar-refractivity contribution is 6.30. The fourth-order valence-electron chi connectivity index (χ4n) is 3.10. The number of para-hydroxylation sites is 1. The number of hydrogen-bond acceptors (Lipinski definition) is 4. The van der Waals surface area contributed by atoms with E-state index in [0.29, 0.717) is 5.56 Å². The lowest BCUT2D eigenvalue weighted by Crippen LogP contribution is -2.52. The van der Waals surface area contributed by atoms with Crippen molar-refractivity contribution in [2.45, 2.75) is 18.6 Å². The predicted molar refractivity (Wildman–Crippen MR) is 100 cm³/mol. The lowest BCUT2D eigenvalue weighted by Gasteiger charge is -2.23. The van der Waals surface area contributed by atoms with E-state index in [9.17, 15) is 23.9 Å². The van der Waals surface area contributed by atoms with Gasteiger partial charge in [0.05, 0.1) is 11.3 Å². The zero-order chi connectivity index (χ0) is 20.5. The minimum Gasteiger partial charge on any atom is -0.372 e. The van der Waals surface area contributed by atoms with Crippen LogP contribution >= 0.6 is 11.6 Å². The monoisotopic (exact) mass is 405 g/mol. The summed E-state index contributed by atoms with van der Waals surface area (Å²) < 4.78 is 13.4. The van der Waals surface area contributed by atoms with Crippen LogP contribution in [0.25, 0.3) is 0 Å². The maximum absolute atomic E-state index is 13.4. The van der Waals surface area contributed by atoms with Gasteiger partial charge in [0, 0.05) is 24.5 Å². The largest absolute Gasteiger partial charge is 0.372 e. The van der Waals surface area contributed by atoms with Crippen LogP contribution in [-0.4, -0.2) is 35.0 Å². The van der Waals surface area contributed by atoms with Gasteiger partial charge in [-0.25, -0.2) is 4.39 Å². The number of carbonyl (C=O) groups excluding carboxylic acids is 3. The van der Waals surface area contributed by atoms with Crippen molar-refractivity contribution in [1.29, 1.82) is 0 Å². The lowest BCUT2D eigenvalue weighted by molar-refractivity contribution is -0.149. The van der Waals surface area contributed by atoms with Gasteiger partial charge in [0.15, 0.2) is 0 Å². The molecule has 1 aliphatic rings. The van der Waals surface area contributed by atoms with Crippen LogP contribution in [-0.2, 0) is 16.1 Å². The number of aliphatic hydroxyl groups is 1. The molecule has 146 valence electrons. The fraction of sp³-hybridized carbons (Fsp3) is 0.211. The molecule has 3 amide bonds. The van der Waals surface area contributed by atoms with Crippen molar-refractivity contribution < 1.29 is 23.9 Å². The van der Waals surface area contributed by atoms with Crippen molar-refractivity contribution in [2.75, 3.05) is 11.4 Å². The zero-order valence-electron chi connectivity index (χ0n) is 14.6. The van der Waals surface area contributed by atoms with Crippen LogP contribution in [0.15, 0.2) is 42.5 Å². The van der Waals surface area contributed by atoms with Gasteiger partial charge in [-0.1, -0.05) is 23.7 Å². The molecule has 0 spiro atoms. The topological polar surface area (TPSA) is 113 Å². The number of amides is 3. The maximum atomic E-state index is 13.4. The third-order valence-corrected chi connectivity index (χ3v) is 4.73. The van der Waals surface area contributed by atoms with Crippen LogP contribution in [0.1, 0.15) is 22.3 Å². The highest BCUT2D eigenvalue weighted by Crippen LogP contribution is 2.31. The van der Waals surface area contributed by atoms with E-state index in [1.165, 1.54) is 24.3 Å². The Balaban J connectivity index is 1.77. The average Bonchev–Trinajstić information content (AvgIpc) is 2.95. The number of primary amides is 1. The highest BCUT2D eigenvalue weighted by atomic mass is 35.5. The summed E-state index contributed by atoms with van der Waals surface area (Å²) >= 11 is 5.77. The number of nitrogens with zero attached hydrogens (tertiary/aromatic N) is 1. The van der Waals surface area contributed by atoms with Crippen LogP contribution in [0.4, 0.5) is 10.1 Å². The molecule has 3 rings (SSSR count). The Morgan fingerprint density at radius 3 is 2.68 bits per heavy atom. The number of halogens is 2. The van der Waals surface area contributed by atoms with Gasteiger partial charge >= 0.3 is 0 Å². The molecular formula is C19H17ClFN3O4. The first kappa shape index (κ1) is 19.8. The van der Waals surface area contributed by atoms with E-state index in [1.54, 1.807) is 12.1 Å². The van der Waals surface area contributed by atoms with E-state index in [1.807, 2.05) is 0 Å². The van der Waals surface area contributed by atoms with Gasteiger partial charge in [0.25, 0.3) is 17.7 Å². The minimum atomic E-state index is -2.30. The predicted octanol–water partition coefficient (Wildman–Crippen LogP) is 1.36. The third kappa shape index (κ3) is 3.69. The molecule has 1 aliphatic heterocycles. The molecule has 0 saturated carbocycles. The molecule has 4 N–H and O–H groups in total. The lowest BCUT2D eigenvalue weighted by atomic mass is 10.0. The number of nitrogens with one attached hydrogen (secondary N) is 1. The average molecular weight is 406 g/mol. The van der Waals surface area contributed by atoms with E-state index in [2.05, 4.69) is 5.32 Å². The molecule has 9 heteroatoms. The fourth-order valence-corrected chi connectivity index (χ4v) is 3.35. The smallest absolute Gasteiger partial charge is 0.268 e. The molecule has 0 aromatic heterocycles. The Kier molecular flexibility index (Phi) is 5.35. The van der Waals surface area contributed by atoms with Crippen molar-refractivity contribution in [3.63, 3.8) is 0 Å². The quantitative estimate of drug-likeness (QED) is 0.652. The second kappa shape index (κ2) is 7.57. The number of anilines is 1. The summed E-state index contributed by atoms with van der Waals surface area (Å²) in [7, 11) is 0. The molecule has 2 aromatic carbocycles. The molecular weight excluding hydrogens is 389 g/mol. The Morgan fingerprint density at radius 1 is 1.29 bits per heavy atom. The van der Waals surface area contributed by atoms with Crippen LogP contribution in [0.2, 0.25) is 5.02 Å². The molecule has 0 aliphatic carbocycles. The van der Waals surface area contributed by atoms with E-state index in [-0.39, 0.29) is 35.8 Å². The van der Waals surface area contributed by atoms with Crippen molar-refractivity contribution in [2.24, 2.45) is 5.73 Å². The number of rotatable bonds is 5. The molecule has 0 radical (unpaired) electrons. The van der Waals surface area contributed by atoms with Gasteiger partial charge in [-0.15, -0.1) is 0 Å². The first-order chi connectivity index (χ1) is 13.2. The molecule has 28 heavy (non-hydrogen) atoms. The van der Waals surface area contributed by atoms with Crippen LogP contribution < -0.4 is 16.0 Å². The first-order valence-electron chi connectivity index (χ1n) is 8.39. The second-order valence-corrected chi connectivity index (χ2v) is 6.85. The third-order valence-electron chi connectivity index (χ3n) is 4.51. The van der Waals surface area contributed by atoms with Gasteiger partial charge in [-0.2, -0.15) is 0 Å². The van der Waals surface area contributed by atoms with Gasteiger partial charge < -0.3 is 21.1 Å². The summed E-state index contributed by atoms with van der Waals surface area (Å²) in [5, 5.41) is 13.2. The Bertz CT molecular complexity index is 948. The molecule has 1 atom stereocenters. The second-order valence-electron chi connectivity index (χ2n) is 6.41. The number of hydrogen-bond donors (Lipinski definition) is 3. The SMILES string of the molecule is NC(=O)c1ccccc1N1CCC(O)(C(=O)NCc2cc(F)cc(Cl)c2)C1=O. The van der Waals surface area contributed by atoms with Gasteiger partial charge in [-0.3, -0.25) is 14.4 Å². The minimum absolute atomic E-state index is 0.0266. The Hall–Kier alpha value is -2.97. The number of nitrogens with two attached hydrogens (primary N) is 1. The summed E-state index contributed by atoms with van der Waals surface area (Å²) in [6.45, 7) is -0.0946. The number of carbonyl (C=O) groups is 3. The molecule has 2 aromatic rings. The maximum Gasteiger partial charge on any atom is 0.268 e. The van der Waals surface area contributed by atoms with Gasteiger partial charge in [-0.05, 0) is 35.9 Å². The molecule has 7 nitrogen and oxygen atoms in total. The van der Waals surface area contributed by atoms with E-state index >= 15 is 0 Å². The van der Waals surface area contributed by atoms with E-state index in [0.717, 1.165) is 11.0 Å². The Labute approximate surface area is 164 Å². The Morgan fingerprint density at radius 2 is 2.00 bits per heavy atom. The van der Waals surface area contributed by atoms with Gasteiger partial charge in [0.1, 0.15) is 5.82 Å². The summed E-state index contributed by atoms with van der Waals surface area (Å²) in [6, 6.07) is 9.93. The van der Waals surface area contributed by atoms with Crippen molar-refractivity contribution >= 4 is 35.0 Å². The first-order valence-corrected chi connectivity index (χ1v) is 8.76. The van der Waals surface area contributed by atoms with E-state index < -0.39 is 29.1 Å². The van der Waals surface area contributed by atoms with Gasteiger partial charge in [0.2, 0.25) is 5.60 Å². The standard InChI is InChI=1S/C19H17ClFN3O4/c20-12-7-11(8-13(21)9-12)10-23-17(26)19(28)5-6-24(18(19)27)15-4-2-1-3-14(15)16(22)25/h1-4,7-9,28H,5-6,10H2,(H2,22,25)(H,23,26). The zero-order valence-corrected chi connectivity index (χ0v) is 15.4. The molecule has 1 saturated heterocycles. The van der Waals surface area contributed by atoms with Crippen LogP contribution in [0, 0.1) is 5.82 Å². The van der Waals surface area contributed by atoms with Crippen molar-refractivity contribution in [3.8, 4) is 0 Å². The molecule has 1 fully saturated rings.